The summed E-state index contributed by atoms with van der Waals surface area (Å²) in [6.07, 6.45) is -3.18. The number of carbonyl (C=O) groups excluding carboxylic acids is 4. The van der Waals surface area contributed by atoms with E-state index >= 15 is 0 Å². The number of ether oxygens (including phenoxy) is 4. The third-order valence-electron chi connectivity index (χ3n) is 3.06. The van der Waals surface area contributed by atoms with Gasteiger partial charge in [-0.25, -0.2) is 0 Å². The normalized spacial score (nSPS) is 29.3. The Hall–Kier alpha value is -1.87. The van der Waals surface area contributed by atoms with Crippen LogP contribution in [-0.2, 0) is 38.1 Å². The van der Waals surface area contributed by atoms with E-state index in [1.54, 1.807) is 0 Å². The largest absolute Gasteiger partial charge is 0.463 e. The lowest BCUT2D eigenvalue weighted by Gasteiger charge is -2.43. The average molecular weight is 366 g/mol. The second kappa shape index (κ2) is 8.84. The fourth-order valence-corrected chi connectivity index (χ4v) is 2.62. The van der Waals surface area contributed by atoms with E-state index < -0.39 is 53.7 Å². The van der Waals surface area contributed by atoms with Crippen LogP contribution in [0.15, 0.2) is 0 Å². The van der Waals surface area contributed by atoms with Crippen molar-refractivity contribution in [1.29, 1.82) is 0 Å². The number of carbonyl (C=O) groups is 4. The summed E-state index contributed by atoms with van der Waals surface area (Å²) < 4.78 is 20.7. The van der Waals surface area contributed by atoms with Crippen molar-refractivity contribution in [3.8, 4) is 0 Å². The second-order valence-corrected chi connectivity index (χ2v) is 5.63. The SMILES string of the molecule is CC(=O)N[C@H]1[C@H](OC(C)=O)[C@H](OC(C)=O)[C@@H](COC(C)=O)O[C@H]1Cl. The van der Waals surface area contributed by atoms with Crippen LogP contribution >= 0.6 is 11.6 Å². The first-order chi connectivity index (χ1) is 11.1. The molecular weight excluding hydrogens is 346 g/mol. The molecule has 0 aromatic heterocycles. The molecule has 0 radical (unpaired) electrons. The van der Waals surface area contributed by atoms with E-state index in [1.165, 1.54) is 13.8 Å². The van der Waals surface area contributed by atoms with E-state index in [1.807, 2.05) is 0 Å². The van der Waals surface area contributed by atoms with Gasteiger partial charge in [-0.2, -0.15) is 0 Å². The second-order valence-electron chi connectivity index (χ2n) is 5.20. The molecule has 0 aromatic rings. The van der Waals surface area contributed by atoms with Gasteiger partial charge in [-0.3, -0.25) is 19.2 Å². The first kappa shape index (κ1) is 20.2. The fourth-order valence-electron chi connectivity index (χ4n) is 2.28. The van der Waals surface area contributed by atoms with Gasteiger partial charge in [0.05, 0.1) is 0 Å². The number of halogens is 1. The van der Waals surface area contributed by atoms with Crippen molar-refractivity contribution < 1.29 is 38.1 Å². The zero-order valence-electron chi connectivity index (χ0n) is 13.7. The summed E-state index contributed by atoms with van der Waals surface area (Å²) in [6.45, 7) is 4.51. The van der Waals surface area contributed by atoms with Gasteiger partial charge in [0, 0.05) is 27.7 Å². The van der Waals surface area contributed by atoms with Crippen molar-refractivity contribution in [2.75, 3.05) is 6.61 Å². The summed E-state index contributed by atoms with van der Waals surface area (Å²) in [4.78, 5) is 45.2. The van der Waals surface area contributed by atoms with Crippen molar-refractivity contribution >= 4 is 35.4 Å². The highest BCUT2D eigenvalue weighted by atomic mass is 35.5. The molecule has 1 amide bonds. The van der Waals surface area contributed by atoms with Crippen molar-refractivity contribution in [3.63, 3.8) is 0 Å². The summed E-state index contributed by atoms with van der Waals surface area (Å²) in [5.74, 6) is -2.33. The zero-order valence-corrected chi connectivity index (χ0v) is 14.5. The maximum Gasteiger partial charge on any atom is 0.303 e. The third-order valence-corrected chi connectivity index (χ3v) is 3.43. The van der Waals surface area contributed by atoms with Crippen molar-refractivity contribution in [1.82, 2.24) is 5.32 Å². The quantitative estimate of drug-likeness (QED) is 0.407. The molecular formula is C14H20ClNO8. The van der Waals surface area contributed by atoms with E-state index in [-0.39, 0.29) is 6.61 Å². The minimum atomic E-state index is -1.11. The Labute approximate surface area is 143 Å². The highest BCUT2D eigenvalue weighted by molar-refractivity contribution is 6.20. The molecule has 0 aromatic carbocycles. The smallest absolute Gasteiger partial charge is 0.303 e. The summed E-state index contributed by atoms with van der Waals surface area (Å²) >= 11 is 6.11. The Balaban J connectivity index is 3.11. The van der Waals surface area contributed by atoms with Crippen LogP contribution < -0.4 is 5.32 Å². The number of rotatable bonds is 5. The molecule has 0 aliphatic carbocycles. The number of nitrogens with one attached hydrogen (secondary N) is 1. The Morgan fingerprint density at radius 3 is 1.96 bits per heavy atom. The lowest BCUT2D eigenvalue weighted by molar-refractivity contribution is -0.212. The first-order valence-corrected chi connectivity index (χ1v) is 7.60. The average Bonchev–Trinajstić information content (AvgIpc) is 2.42. The topological polar surface area (TPSA) is 117 Å². The van der Waals surface area contributed by atoms with E-state index in [2.05, 4.69) is 5.32 Å². The number of esters is 3. The molecule has 0 saturated carbocycles. The zero-order chi connectivity index (χ0) is 18.4. The number of hydrogen-bond acceptors (Lipinski definition) is 8. The Kier molecular flexibility index (Phi) is 7.43. The number of amides is 1. The fraction of sp³-hybridized carbons (Fsp3) is 0.714. The maximum absolute atomic E-state index is 11.4. The van der Waals surface area contributed by atoms with Gasteiger partial charge in [-0.1, -0.05) is 11.6 Å². The standard InChI is InChI=1S/C14H20ClNO8/c1-6(17)16-11-13(23-9(4)20)12(22-8(3)19)10(24-14(11)15)5-21-7(2)18/h10-14H,5H2,1-4H3,(H,16,17)/t10-,11+,12-,13+,14-/m1/s1. The van der Waals surface area contributed by atoms with Crippen LogP contribution in [0.5, 0.6) is 0 Å². The maximum atomic E-state index is 11.4. The molecule has 0 bridgehead atoms. The molecule has 0 spiro atoms. The van der Waals surface area contributed by atoms with Crippen molar-refractivity contribution in [2.45, 2.75) is 57.6 Å². The molecule has 5 atom stereocenters. The summed E-state index contributed by atoms with van der Waals surface area (Å²) in [5.41, 5.74) is -1.09. The first-order valence-electron chi connectivity index (χ1n) is 7.16. The van der Waals surface area contributed by atoms with E-state index in [4.69, 9.17) is 30.5 Å². The Morgan fingerprint density at radius 1 is 0.958 bits per heavy atom. The highest BCUT2D eigenvalue weighted by Gasteiger charge is 2.50. The monoisotopic (exact) mass is 365 g/mol. The lowest BCUT2D eigenvalue weighted by Crippen LogP contribution is -2.64. The van der Waals surface area contributed by atoms with Crippen LogP contribution in [-0.4, -0.2) is 60.3 Å². The minimum Gasteiger partial charge on any atom is -0.463 e. The van der Waals surface area contributed by atoms with Crippen LogP contribution in [0.25, 0.3) is 0 Å². The van der Waals surface area contributed by atoms with Crippen LogP contribution in [0, 0.1) is 0 Å². The molecule has 1 rings (SSSR count). The van der Waals surface area contributed by atoms with Crippen LogP contribution in [0.1, 0.15) is 27.7 Å². The van der Waals surface area contributed by atoms with E-state index in [0.29, 0.717) is 0 Å². The van der Waals surface area contributed by atoms with Gasteiger partial charge in [0.15, 0.2) is 17.8 Å². The van der Waals surface area contributed by atoms with E-state index in [0.717, 1.165) is 13.8 Å². The van der Waals surface area contributed by atoms with E-state index in [9.17, 15) is 19.2 Å². The predicted molar refractivity (Wildman–Crippen MR) is 79.9 cm³/mol. The van der Waals surface area contributed by atoms with Crippen molar-refractivity contribution in [3.05, 3.63) is 0 Å². The highest BCUT2D eigenvalue weighted by Crippen LogP contribution is 2.28. The molecule has 1 aliphatic rings. The van der Waals surface area contributed by atoms with Gasteiger partial charge in [-0.15, -0.1) is 0 Å². The van der Waals surface area contributed by atoms with Crippen LogP contribution in [0.2, 0.25) is 0 Å². The Morgan fingerprint density at radius 2 is 1.50 bits per heavy atom. The van der Waals surface area contributed by atoms with Gasteiger partial charge in [-0.05, 0) is 0 Å². The molecule has 24 heavy (non-hydrogen) atoms. The van der Waals surface area contributed by atoms with Crippen LogP contribution in [0.4, 0.5) is 0 Å². The van der Waals surface area contributed by atoms with Crippen LogP contribution in [0.3, 0.4) is 0 Å². The summed E-state index contributed by atoms with van der Waals surface area (Å²) in [7, 11) is 0. The number of hydrogen-bond donors (Lipinski definition) is 1. The molecule has 1 heterocycles. The lowest BCUT2D eigenvalue weighted by atomic mass is 9.97. The third kappa shape index (κ3) is 5.97. The van der Waals surface area contributed by atoms with Gasteiger partial charge in [0.2, 0.25) is 5.91 Å². The molecule has 136 valence electrons. The molecule has 1 N–H and O–H groups in total. The minimum absolute atomic E-state index is 0.263. The molecule has 1 aliphatic heterocycles. The molecule has 9 nitrogen and oxygen atoms in total. The number of alkyl halides is 1. The summed E-state index contributed by atoms with van der Waals surface area (Å²) in [5, 5.41) is 2.50. The predicted octanol–water partition coefficient (Wildman–Crippen LogP) is -0.119. The molecule has 10 heteroatoms. The summed E-state index contributed by atoms with van der Waals surface area (Å²) in [6, 6.07) is -0.953. The van der Waals surface area contributed by atoms with Gasteiger partial charge in [0.25, 0.3) is 0 Å². The van der Waals surface area contributed by atoms with Gasteiger partial charge >= 0.3 is 17.9 Å². The Bertz CT molecular complexity index is 511. The van der Waals surface area contributed by atoms with Gasteiger partial charge in [0.1, 0.15) is 18.8 Å². The van der Waals surface area contributed by atoms with Gasteiger partial charge < -0.3 is 24.3 Å². The molecule has 0 unspecified atom stereocenters. The van der Waals surface area contributed by atoms with Crippen molar-refractivity contribution in [2.24, 2.45) is 0 Å². The molecule has 1 saturated heterocycles. The molecule has 1 fully saturated rings.